The van der Waals surface area contributed by atoms with E-state index in [2.05, 4.69) is 21.5 Å². The average Bonchev–Trinajstić information content (AvgIpc) is 3.56. The molecule has 1 N–H and O–H groups in total. The molecule has 0 aromatic carbocycles. The highest BCUT2D eigenvalue weighted by Gasteiger charge is 2.33. The SMILES string of the molecule is N#CC(C1CC1)n1cc(-c2cccc3nc(NC(=O)C4CC4)cn23)cn1. The molecule has 7 nitrogen and oxygen atoms in total. The van der Waals surface area contributed by atoms with Crippen molar-refractivity contribution in [2.45, 2.75) is 31.7 Å². The summed E-state index contributed by atoms with van der Waals surface area (Å²) in [5.74, 6) is 1.17. The fourth-order valence-corrected chi connectivity index (χ4v) is 3.30. The Morgan fingerprint density at radius 3 is 2.85 bits per heavy atom. The number of nitrogens with zero attached hydrogens (tertiary/aromatic N) is 5. The predicted octanol–water partition coefficient (Wildman–Crippen LogP) is 3.02. The van der Waals surface area contributed by atoms with Crippen molar-refractivity contribution in [2.75, 3.05) is 5.32 Å². The van der Waals surface area contributed by atoms with Crippen molar-refractivity contribution in [3.8, 4) is 17.3 Å². The Hall–Kier alpha value is -3.14. The highest BCUT2D eigenvalue weighted by molar-refractivity contribution is 5.93. The van der Waals surface area contributed by atoms with E-state index in [9.17, 15) is 10.1 Å². The summed E-state index contributed by atoms with van der Waals surface area (Å²) in [6.07, 6.45) is 9.65. The Bertz CT molecular complexity index is 1030. The van der Waals surface area contributed by atoms with E-state index in [-0.39, 0.29) is 17.9 Å². The van der Waals surface area contributed by atoms with E-state index in [1.165, 1.54) is 0 Å². The highest BCUT2D eigenvalue weighted by atomic mass is 16.2. The third-order valence-electron chi connectivity index (χ3n) is 5.07. The number of pyridine rings is 1. The monoisotopic (exact) mass is 346 g/mol. The van der Waals surface area contributed by atoms with Gasteiger partial charge >= 0.3 is 0 Å². The molecule has 0 bridgehead atoms. The van der Waals surface area contributed by atoms with Gasteiger partial charge < -0.3 is 5.32 Å². The first-order chi connectivity index (χ1) is 12.7. The van der Waals surface area contributed by atoms with Gasteiger partial charge in [0.2, 0.25) is 5.91 Å². The summed E-state index contributed by atoms with van der Waals surface area (Å²) in [5, 5.41) is 16.7. The van der Waals surface area contributed by atoms with Gasteiger partial charge in [0.1, 0.15) is 11.7 Å². The minimum Gasteiger partial charge on any atom is -0.309 e. The summed E-state index contributed by atoms with van der Waals surface area (Å²) >= 11 is 0. The number of rotatable bonds is 5. The molecule has 0 saturated heterocycles. The second kappa shape index (κ2) is 5.70. The standard InChI is InChI=1S/C19H18N6O/c20-8-16(12-4-5-12)25-10-14(9-21-25)15-2-1-3-18-22-17(11-24(15)18)23-19(26)13-6-7-13/h1-3,9-13,16H,4-7H2,(H,23,26). The third kappa shape index (κ3) is 2.64. The summed E-state index contributed by atoms with van der Waals surface area (Å²) in [6, 6.07) is 7.99. The largest absolute Gasteiger partial charge is 0.309 e. The van der Waals surface area contributed by atoms with Crippen LogP contribution in [0.5, 0.6) is 0 Å². The smallest absolute Gasteiger partial charge is 0.228 e. The van der Waals surface area contributed by atoms with E-state index in [0.717, 1.165) is 42.6 Å². The number of nitrogens with one attached hydrogen (secondary N) is 1. The second-order valence-corrected chi connectivity index (χ2v) is 7.15. The quantitative estimate of drug-likeness (QED) is 0.769. The van der Waals surface area contributed by atoms with Crippen LogP contribution in [0.4, 0.5) is 5.82 Å². The van der Waals surface area contributed by atoms with Gasteiger partial charge in [0.15, 0.2) is 5.82 Å². The number of aromatic nitrogens is 4. The molecule has 1 atom stereocenters. The fourth-order valence-electron chi connectivity index (χ4n) is 3.30. The number of anilines is 1. The first-order valence-electron chi connectivity index (χ1n) is 8.96. The van der Waals surface area contributed by atoms with Crippen molar-refractivity contribution in [3.63, 3.8) is 0 Å². The molecule has 26 heavy (non-hydrogen) atoms. The lowest BCUT2D eigenvalue weighted by Gasteiger charge is -2.07. The van der Waals surface area contributed by atoms with Gasteiger partial charge in [0.25, 0.3) is 0 Å². The number of hydrogen-bond donors (Lipinski definition) is 1. The Kier molecular flexibility index (Phi) is 3.32. The number of nitriles is 1. The van der Waals surface area contributed by atoms with Crippen LogP contribution in [0.1, 0.15) is 31.7 Å². The number of amides is 1. The van der Waals surface area contributed by atoms with E-state index in [0.29, 0.717) is 11.7 Å². The molecule has 2 aliphatic rings. The zero-order valence-corrected chi connectivity index (χ0v) is 14.2. The maximum absolute atomic E-state index is 12.0. The molecule has 0 aliphatic heterocycles. The molecule has 2 saturated carbocycles. The van der Waals surface area contributed by atoms with Crippen LogP contribution in [-0.4, -0.2) is 25.1 Å². The van der Waals surface area contributed by atoms with Crippen molar-refractivity contribution >= 4 is 17.4 Å². The summed E-state index contributed by atoms with van der Waals surface area (Å²) < 4.78 is 3.71. The molecule has 3 aromatic rings. The van der Waals surface area contributed by atoms with Crippen molar-refractivity contribution in [1.82, 2.24) is 19.2 Å². The molecule has 1 unspecified atom stereocenters. The lowest BCUT2D eigenvalue weighted by Crippen LogP contribution is -2.13. The molecule has 0 radical (unpaired) electrons. The van der Waals surface area contributed by atoms with E-state index >= 15 is 0 Å². The van der Waals surface area contributed by atoms with Crippen LogP contribution in [0, 0.1) is 23.2 Å². The van der Waals surface area contributed by atoms with Crippen molar-refractivity contribution in [2.24, 2.45) is 11.8 Å². The summed E-state index contributed by atoms with van der Waals surface area (Å²) in [4.78, 5) is 16.5. The molecule has 0 spiro atoms. The van der Waals surface area contributed by atoms with Gasteiger partial charge in [-0.15, -0.1) is 0 Å². The number of carbonyl (C=O) groups excluding carboxylic acids is 1. The Labute approximate surface area is 150 Å². The van der Waals surface area contributed by atoms with E-state index in [1.54, 1.807) is 10.9 Å². The summed E-state index contributed by atoms with van der Waals surface area (Å²) in [6.45, 7) is 0. The zero-order valence-electron chi connectivity index (χ0n) is 14.2. The van der Waals surface area contributed by atoms with Crippen LogP contribution in [0.2, 0.25) is 0 Å². The molecule has 7 heteroatoms. The number of imidazole rings is 1. The molecule has 130 valence electrons. The van der Waals surface area contributed by atoms with Crippen molar-refractivity contribution in [3.05, 3.63) is 36.8 Å². The van der Waals surface area contributed by atoms with Gasteiger partial charge in [-0.05, 0) is 43.7 Å². The topological polar surface area (TPSA) is 88.0 Å². The number of carbonyl (C=O) groups is 1. The minimum atomic E-state index is -0.195. The van der Waals surface area contributed by atoms with Crippen LogP contribution >= 0.6 is 0 Å². The van der Waals surface area contributed by atoms with Gasteiger partial charge in [-0.2, -0.15) is 10.4 Å². The average molecular weight is 346 g/mol. The Morgan fingerprint density at radius 2 is 2.12 bits per heavy atom. The van der Waals surface area contributed by atoms with Crippen LogP contribution in [0.25, 0.3) is 16.9 Å². The van der Waals surface area contributed by atoms with E-state index in [4.69, 9.17) is 0 Å². The van der Waals surface area contributed by atoms with Gasteiger partial charge in [0.05, 0.1) is 24.2 Å². The van der Waals surface area contributed by atoms with Crippen LogP contribution < -0.4 is 5.32 Å². The number of hydrogen-bond acceptors (Lipinski definition) is 4. The molecule has 2 fully saturated rings. The lowest BCUT2D eigenvalue weighted by molar-refractivity contribution is -0.117. The normalized spacial score (nSPS) is 17.8. The molecular formula is C19H18N6O. The van der Waals surface area contributed by atoms with Crippen LogP contribution in [0.3, 0.4) is 0 Å². The van der Waals surface area contributed by atoms with Crippen molar-refractivity contribution in [1.29, 1.82) is 5.26 Å². The summed E-state index contributed by atoms with van der Waals surface area (Å²) in [7, 11) is 0. The van der Waals surface area contributed by atoms with Gasteiger partial charge in [-0.1, -0.05) is 6.07 Å². The Balaban J connectivity index is 1.48. The Morgan fingerprint density at radius 1 is 1.27 bits per heavy atom. The highest BCUT2D eigenvalue weighted by Crippen LogP contribution is 2.39. The molecule has 1 amide bonds. The predicted molar refractivity (Wildman–Crippen MR) is 95.1 cm³/mol. The second-order valence-electron chi connectivity index (χ2n) is 7.15. The lowest BCUT2D eigenvalue weighted by atomic mass is 10.2. The fraction of sp³-hybridized carbons (Fsp3) is 0.368. The van der Waals surface area contributed by atoms with Gasteiger partial charge in [-0.3, -0.25) is 13.9 Å². The van der Waals surface area contributed by atoms with E-state index in [1.807, 2.05) is 35.0 Å². The van der Waals surface area contributed by atoms with Crippen LogP contribution in [0.15, 0.2) is 36.8 Å². The van der Waals surface area contributed by atoms with Gasteiger partial charge in [-0.25, -0.2) is 4.98 Å². The maximum Gasteiger partial charge on any atom is 0.228 e. The molecular weight excluding hydrogens is 328 g/mol. The third-order valence-corrected chi connectivity index (χ3v) is 5.07. The summed E-state index contributed by atoms with van der Waals surface area (Å²) in [5.41, 5.74) is 2.62. The molecule has 3 heterocycles. The number of fused-ring (bicyclic) bond motifs is 1. The van der Waals surface area contributed by atoms with E-state index < -0.39 is 0 Å². The zero-order chi connectivity index (χ0) is 17.7. The minimum absolute atomic E-state index is 0.0454. The van der Waals surface area contributed by atoms with Crippen LogP contribution in [-0.2, 0) is 4.79 Å². The molecule has 5 rings (SSSR count). The van der Waals surface area contributed by atoms with Crippen molar-refractivity contribution < 1.29 is 4.79 Å². The molecule has 2 aliphatic carbocycles. The van der Waals surface area contributed by atoms with Gasteiger partial charge in [0, 0.05) is 17.7 Å². The molecule has 3 aromatic heterocycles. The first-order valence-corrected chi connectivity index (χ1v) is 8.96. The maximum atomic E-state index is 12.0. The first kappa shape index (κ1) is 15.1.